The lowest BCUT2D eigenvalue weighted by Crippen LogP contribution is -2.55. The summed E-state index contributed by atoms with van der Waals surface area (Å²) in [6.07, 6.45) is 11.5. The lowest BCUT2D eigenvalue weighted by atomic mass is 9.84. The second-order valence-corrected chi connectivity index (χ2v) is 8.46. The number of rotatable bonds is 4. The molecule has 1 amide bonds. The van der Waals surface area contributed by atoms with E-state index in [9.17, 15) is 9.90 Å². The van der Waals surface area contributed by atoms with Crippen molar-refractivity contribution in [2.24, 2.45) is 11.8 Å². The van der Waals surface area contributed by atoms with E-state index in [2.05, 4.69) is 5.32 Å². The first kappa shape index (κ1) is 15.7. The largest absolute Gasteiger partial charge is 0.380 e. The quantitative estimate of drug-likeness (QED) is 0.839. The van der Waals surface area contributed by atoms with Gasteiger partial charge in [0, 0.05) is 6.04 Å². The predicted octanol–water partition coefficient (Wildman–Crippen LogP) is 3.11. The van der Waals surface area contributed by atoms with E-state index in [1.165, 1.54) is 51.4 Å². The van der Waals surface area contributed by atoms with Crippen LogP contribution < -0.4 is 5.32 Å². The Morgan fingerprint density at radius 3 is 1.95 bits per heavy atom. The van der Waals surface area contributed by atoms with E-state index < -0.39 is 5.60 Å². The maximum absolute atomic E-state index is 12.7. The molecule has 1 aliphatic heterocycles. The fraction of sp³-hybridized carbons (Fsp3) is 0.941. The molecule has 0 bridgehead atoms. The van der Waals surface area contributed by atoms with Gasteiger partial charge >= 0.3 is 0 Å². The molecule has 1 saturated heterocycles. The zero-order valence-corrected chi connectivity index (χ0v) is 13.8. The van der Waals surface area contributed by atoms with E-state index in [4.69, 9.17) is 0 Å². The molecule has 2 aliphatic carbocycles. The standard InChI is InChI=1S/C17H29NO2S/c19-16(17(20)9-11-21-12-10-17)18-15(13-5-1-2-6-13)14-7-3-4-8-14/h13-15,20H,1-12H2,(H,18,19). The molecule has 3 nitrogen and oxygen atoms in total. The van der Waals surface area contributed by atoms with Crippen molar-refractivity contribution in [3.05, 3.63) is 0 Å². The second kappa shape index (κ2) is 6.91. The summed E-state index contributed by atoms with van der Waals surface area (Å²) in [4.78, 5) is 12.7. The van der Waals surface area contributed by atoms with Gasteiger partial charge in [-0.1, -0.05) is 25.7 Å². The minimum absolute atomic E-state index is 0.0772. The van der Waals surface area contributed by atoms with E-state index in [0.29, 0.717) is 30.7 Å². The molecule has 0 unspecified atom stereocenters. The van der Waals surface area contributed by atoms with E-state index in [-0.39, 0.29) is 5.91 Å². The minimum atomic E-state index is -1.10. The maximum atomic E-state index is 12.7. The highest BCUT2D eigenvalue weighted by Crippen LogP contribution is 2.38. The first-order valence-electron chi connectivity index (χ1n) is 8.80. The highest BCUT2D eigenvalue weighted by Gasteiger charge is 2.41. The average molecular weight is 311 g/mol. The van der Waals surface area contributed by atoms with Gasteiger partial charge in [-0.15, -0.1) is 0 Å². The van der Waals surface area contributed by atoms with E-state index in [0.717, 1.165) is 11.5 Å². The SMILES string of the molecule is O=C(NC(C1CCCC1)C1CCCC1)C1(O)CCSCC1. The highest BCUT2D eigenvalue weighted by atomic mass is 32.2. The zero-order chi connectivity index (χ0) is 14.7. The Morgan fingerprint density at radius 2 is 1.48 bits per heavy atom. The lowest BCUT2D eigenvalue weighted by Gasteiger charge is -2.36. The van der Waals surface area contributed by atoms with Crippen LogP contribution in [0.1, 0.15) is 64.2 Å². The van der Waals surface area contributed by atoms with Crippen molar-refractivity contribution in [3.63, 3.8) is 0 Å². The van der Waals surface area contributed by atoms with Gasteiger partial charge in [-0.25, -0.2) is 0 Å². The summed E-state index contributed by atoms with van der Waals surface area (Å²) in [6, 6.07) is 0.320. The molecule has 1 heterocycles. The molecule has 120 valence electrons. The Kier molecular flexibility index (Phi) is 5.15. The summed E-state index contributed by atoms with van der Waals surface area (Å²) >= 11 is 1.84. The van der Waals surface area contributed by atoms with Gasteiger partial charge in [0.25, 0.3) is 5.91 Å². The van der Waals surface area contributed by atoms with Crippen LogP contribution in [0.2, 0.25) is 0 Å². The third-order valence-electron chi connectivity index (χ3n) is 5.86. The van der Waals surface area contributed by atoms with Crippen LogP contribution in [0.4, 0.5) is 0 Å². The molecule has 3 rings (SSSR count). The highest BCUT2D eigenvalue weighted by molar-refractivity contribution is 7.99. The van der Waals surface area contributed by atoms with Gasteiger partial charge in [0.05, 0.1) is 0 Å². The number of carbonyl (C=O) groups excluding carboxylic acids is 1. The van der Waals surface area contributed by atoms with Gasteiger partial charge in [-0.05, 0) is 61.9 Å². The summed E-state index contributed by atoms with van der Waals surface area (Å²) in [5.74, 6) is 3.03. The predicted molar refractivity (Wildman–Crippen MR) is 87.4 cm³/mol. The minimum Gasteiger partial charge on any atom is -0.380 e. The van der Waals surface area contributed by atoms with Crippen molar-refractivity contribution in [1.29, 1.82) is 0 Å². The number of carbonyl (C=O) groups is 1. The average Bonchev–Trinajstić information content (AvgIpc) is 3.18. The Balaban J connectivity index is 1.66. The second-order valence-electron chi connectivity index (χ2n) is 7.23. The van der Waals surface area contributed by atoms with Crippen molar-refractivity contribution >= 4 is 17.7 Å². The molecule has 3 aliphatic rings. The molecule has 3 fully saturated rings. The number of hydrogen-bond donors (Lipinski definition) is 2. The summed E-state index contributed by atoms with van der Waals surface area (Å²) in [5, 5.41) is 14.0. The van der Waals surface area contributed by atoms with Gasteiger partial charge in [0.2, 0.25) is 0 Å². The number of amides is 1. The molecule has 0 atom stereocenters. The Morgan fingerprint density at radius 1 is 1.00 bits per heavy atom. The first-order valence-corrected chi connectivity index (χ1v) is 9.96. The molecule has 4 heteroatoms. The van der Waals surface area contributed by atoms with Crippen LogP contribution in [-0.4, -0.2) is 34.2 Å². The normalized spacial score (nSPS) is 27.3. The summed E-state index contributed by atoms with van der Waals surface area (Å²) in [5.41, 5.74) is -1.10. The molecule has 21 heavy (non-hydrogen) atoms. The fourth-order valence-corrected chi connectivity index (χ4v) is 5.64. The fourth-order valence-electron chi connectivity index (χ4n) is 4.48. The van der Waals surface area contributed by atoms with Crippen molar-refractivity contribution < 1.29 is 9.90 Å². The molecular weight excluding hydrogens is 282 g/mol. The van der Waals surface area contributed by atoms with Crippen molar-refractivity contribution in [3.8, 4) is 0 Å². The number of hydrogen-bond acceptors (Lipinski definition) is 3. The van der Waals surface area contributed by atoms with Crippen LogP contribution >= 0.6 is 11.8 Å². The van der Waals surface area contributed by atoms with Crippen LogP contribution in [0.15, 0.2) is 0 Å². The molecular formula is C17H29NO2S. The van der Waals surface area contributed by atoms with Gasteiger partial charge in [-0.2, -0.15) is 11.8 Å². The summed E-state index contributed by atoms with van der Waals surface area (Å²) in [7, 11) is 0. The Bertz CT molecular complexity index is 340. The molecule has 2 N–H and O–H groups in total. The van der Waals surface area contributed by atoms with Gasteiger partial charge < -0.3 is 10.4 Å². The molecule has 0 radical (unpaired) electrons. The van der Waals surface area contributed by atoms with Crippen LogP contribution in [0.25, 0.3) is 0 Å². The van der Waals surface area contributed by atoms with Crippen molar-refractivity contribution in [2.45, 2.75) is 75.9 Å². The van der Waals surface area contributed by atoms with Gasteiger partial charge in [-0.3, -0.25) is 4.79 Å². The molecule has 0 aromatic rings. The molecule has 0 aromatic carbocycles. The topological polar surface area (TPSA) is 49.3 Å². The van der Waals surface area contributed by atoms with Gasteiger partial charge in [0.15, 0.2) is 0 Å². The van der Waals surface area contributed by atoms with Crippen molar-refractivity contribution in [2.75, 3.05) is 11.5 Å². The molecule has 2 saturated carbocycles. The smallest absolute Gasteiger partial charge is 0.252 e. The number of thioether (sulfide) groups is 1. The Labute approximate surface area is 132 Å². The van der Waals surface area contributed by atoms with Crippen LogP contribution in [0.5, 0.6) is 0 Å². The third kappa shape index (κ3) is 3.58. The first-order chi connectivity index (χ1) is 10.2. The van der Waals surface area contributed by atoms with Crippen LogP contribution in [0.3, 0.4) is 0 Å². The summed E-state index contributed by atoms with van der Waals surface area (Å²) in [6.45, 7) is 0. The summed E-state index contributed by atoms with van der Waals surface area (Å²) < 4.78 is 0. The molecule has 0 aromatic heterocycles. The van der Waals surface area contributed by atoms with Gasteiger partial charge in [0.1, 0.15) is 5.60 Å². The third-order valence-corrected chi connectivity index (χ3v) is 6.84. The van der Waals surface area contributed by atoms with E-state index in [1.807, 2.05) is 11.8 Å². The molecule has 0 spiro atoms. The van der Waals surface area contributed by atoms with E-state index in [1.54, 1.807) is 0 Å². The van der Waals surface area contributed by atoms with Crippen molar-refractivity contribution in [1.82, 2.24) is 5.32 Å². The lowest BCUT2D eigenvalue weighted by molar-refractivity contribution is -0.142. The zero-order valence-electron chi connectivity index (χ0n) is 13.0. The van der Waals surface area contributed by atoms with E-state index >= 15 is 0 Å². The maximum Gasteiger partial charge on any atom is 0.252 e. The number of aliphatic hydroxyl groups is 1. The van der Waals surface area contributed by atoms with Crippen LogP contribution in [0, 0.1) is 11.8 Å². The Hall–Kier alpha value is -0.220. The monoisotopic (exact) mass is 311 g/mol. The van der Waals surface area contributed by atoms with Crippen LogP contribution in [-0.2, 0) is 4.79 Å². The number of nitrogens with one attached hydrogen (secondary N) is 1.